The van der Waals surface area contributed by atoms with Crippen LogP contribution in [0.1, 0.15) is 13.8 Å². The summed E-state index contributed by atoms with van der Waals surface area (Å²) < 4.78 is 42.7. The summed E-state index contributed by atoms with van der Waals surface area (Å²) in [5.41, 5.74) is 5.33. The first-order chi connectivity index (χ1) is 6.80. The first-order valence-electron chi connectivity index (χ1n) is 4.91. The zero-order chi connectivity index (χ0) is 12.1. The highest BCUT2D eigenvalue weighted by molar-refractivity contribution is 4.84. The standard InChI is InChI=1S/C9H19F3N2O/c1-4-15-6-5-14(3)8(7(2)13)9(10,11)12/h7-8H,4-6,13H2,1-3H3. The molecule has 2 unspecified atom stereocenters. The third kappa shape index (κ3) is 5.34. The normalized spacial score (nSPS) is 16.8. The highest BCUT2D eigenvalue weighted by Crippen LogP contribution is 2.25. The van der Waals surface area contributed by atoms with E-state index in [4.69, 9.17) is 10.5 Å². The van der Waals surface area contributed by atoms with Gasteiger partial charge < -0.3 is 10.5 Å². The molecule has 0 radical (unpaired) electrons. The number of ether oxygens (including phenoxy) is 1. The van der Waals surface area contributed by atoms with Crippen LogP contribution in [-0.2, 0) is 4.74 Å². The van der Waals surface area contributed by atoms with Gasteiger partial charge in [-0.1, -0.05) is 0 Å². The molecule has 0 saturated heterocycles. The third-order valence-electron chi connectivity index (χ3n) is 2.10. The fourth-order valence-corrected chi connectivity index (χ4v) is 1.44. The molecule has 0 heterocycles. The second kappa shape index (κ2) is 6.30. The number of nitrogens with zero attached hydrogens (tertiary/aromatic N) is 1. The topological polar surface area (TPSA) is 38.5 Å². The van der Waals surface area contributed by atoms with Crippen molar-refractivity contribution in [2.75, 3.05) is 26.8 Å². The molecule has 6 heteroatoms. The van der Waals surface area contributed by atoms with Crippen LogP contribution in [0.25, 0.3) is 0 Å². The molecular formula is C9H19F3N2O. The van der Waals surface area contributed by atoms with E-state index in [0.717, 1.165) is 0 Å². The second-order valence-corrected chi connectivity index (χ2v) is 3.52. The van der Waals surface area contributed by atoms with Crippen molar-refractivity contribution in [1.82, 2.24) is 4.90 Å². The van der Waals surface area contributed by atoms with E-state index >= 15 is 0 Å². The molecule has 0 aliphatic carbocycles. The minimum Gasteiger partial charge on any atom is -0.380 e. The molecule has 0 bridgehead atoms. The molecule has 0 aliphatic rings. The molecule has 0 aromatic heterocycles. The summed E-state index contributed by atoms with van der Waals surface area (Å²) in [6, 6.07) is -2.56. The summed E-state index contributed by atoms with van der Waals surface area (Å²) in [4.78, 5) is 1.18. The van der Waals surface area contributed by atoms with Crippen LogP contribution in [0.15, 0.2) is 0 Å². The Bertz CT molecular complexity index is 173. The largest absolute Gasteiger partial charge is 0.405 e. The number of rotatable bonds is 6. The Morgan fingerprint density at radius 2 is 1.93 bits per heavy atom. The maximum absolute atomic E-state index is 12.6. The molecule has 0 amide bonds. The number of alkyl halides is 3. The van der Waals surface area contributed by atoms with Crippen molar-refractivity contribution in [3.05, 3.63) is 0 Å². The van der Waals surface area contributed by atoms with E-state index in [1.54, 1.807) is 6.92 Å². The summed E-state index contributed by atoms with van der Waals surface area (Å²) in [5, 5.41) is 0. The SMILES string of the molecule is CCOCCN(C)C(C(C)N)C(F)(F)F. The Morgan fingerprint density at radius 1 is 1.40 bits per heavy atom. The predicted molar refractivity (Wildman–Crippen MR) is 52.6 cm³/mol. The minimum absolute atomic E-state index is 0.222. The molecule has 15 heavy (non-hydrogen) atoms. The number of hydrogen-bond acceptors (Lipinski definition) is 3. The Hall–Kier alpha value is -0.330. The van der Waals surface area contributed by atoms with E-state index in [9.17, 15) is 13.2 Å². The molecule has 0 aromatic rings. The first kappa shape index (κ1) is 14.7. The van der Waals surface area contributed by atoms with E-state index in [2.05, 4.69) is 0 Å². The first-order valence-corrected chi connectivity index (χ1v) is 4.91. The highest BCUT2D eigenvalue weighted by Gasteiger charge is 2.44. The summed E-state index contributed by atoms with van der Waals surface area (Å²) in [5.74, 6) is 0. The van der Waals surface area contributed by atoms with Gasteiger partial charge in [0.1, 0.15) is 6.04 Å². The quantitative estimate of drug-likeness (QED) is 0.695. The lowest BCUT2D eigenvalue weighted by Crippen LogP contribution is -2.54. The van der Waals surface area contributed by atoms with Gasteiger partial charge in [-0.25, -0.2) is 0 Å². The van der Waals surface area contributed by atoms with Crippen molar-refractivity contribution in [3.8, 4) is 0 Å². The summed E-state index contributed by atoms with van der Waals surface area (Å²) in [7, 11) is 1.40. The van der Waals surface area contributed by atoms with Crippen molar-refractivity contribution in [1.29, 1.82) is 0 Å². The molecule has 0 rings (SSSR count). The van der Waals surface area contributed by atoms with Crippen LogP contribution in [0.4, 0.5) is 13.2 Å². The predicted octanol–water partition coefficient (Wildman–Crippen LogP) is 1.23. The van der Waals surface area contributed by atoms with Gasteiger partial charge in [0.2, 0.25) is 0 Å². The maximum Gasteiger partial charge on any atom is 0.405 e. The minimum atomic E-state index is -4.30. The zero-order valence-corrected chi connectivity index (χ0v) is 9.34. The molecular weight excluding hydrogens is 209 g/mol. The van der Waals surface area contributed by atoms with Gasteiger partial charge in [0.15, 0.2) is 0 Å². The number of nitrogens with two attached hydrogens (primary N) is 1. The van der Waals surface area contributed by atoms with Crippen LogP contribution >= 0.6 is 0 Å². The number of likely N-dealkylation sites (N-methyl/N-ethyl adjacent to an activating group) is 1. The van der Waals surface area contributed by atoms with Gasteiger partial charge in [-0.3, -0.25) is 4.90 Å². The van der Waals surface area contributed by atoms with Gasteiger partial charge in [-0.2, -0.15) is 13.2 Å². The van der Waals surface area contributed by atoms with Crippen LogP contribution in [0.5, 0.6) is 0 Å². The van der Waals surface area contributed by atoms with Gasteiger partial charge in [-0.15, -0.1) is 0 Å². The number of halogens is 3. The van der Waals surface area contributed by atoms with Crippen molar-refractivity contribution in [2.45, 2.75) is 32.1 Å². The highest BCUT2D eigenvalue weighted by atomic mass is 19.4. The van der Waals surface area contributed by atoms with E-state index in [1.807, 2.05) is 0 Å². The van der Waals surface area contributed by atoms with Gasteiger partial charge in [0, 0.05) is 19.2 Å². The molecule has 2 N–H and O–H groups in total. The van der Waals surface area contributed by atoms with E-state index in [0.29, 0.717) is 6.61 Å². The fraction of sp³-hybridized carbons (Fsp3) is 1.00. The lowest BCUT2D eigenvalue weighted by Gasteiger charge is -2.32. The molecule has 0 spiro atoms. The molecule has 0 saturated carbocycles. The van der Waals surface area contributed by atoms with Crippen LogP contribution in [-0.4, -0.2) is 50.0 Å². The van der Waals surface area contributed by atoms with Gasteiger partial charge >= 0.3 is 6.18 Å². The Labute approximate surface area is 88.4 Å². The second-order valence-electron chi connectivity index (χ2n) is 3.52. The van der Waals surface area contributed by atoms with Crippen LogP contribution in [0, 0.1) is 0 Å². The maximum atomic E-state index is 12.6. The molecule has 0 aliphatic heterocycles. The van der Waals surface area contributed by atoms with Gasteiger partial charge in [0.25, 0.3) is 0 Å². The van der Waals surface area contributed by atoms with Gasteiger partial charge in [0.05, 0.1) is 6.61 Å². The lowest BCUT2D eigenvalue weighted by atomic mass is 10.1. The Kier molecular flexibility index (Phi) is 6.16. The van der Waals surface area contributed by atoms with Crippen LogP contribution in [0.2, 0.25) is 0 Å². The van der Waals surface area contributed by atoms with E-state index in [1.165, 1.54) is 18.9 Å². The molecule has 0 fully saturated rings. The molecule has 3 nitrogen and oxygen atoms in total. The summed E-state index contributed by atoms with van der Waals surface area (Å²) in [6.45, 7) is 4.16. The Morgan fingerprint density at radius 3 is 2.27 bits per heavy atom. The van der Waals surface area contributed by atoms with Crippen molar-refractivity contribution in [2.24, 2.45) is 5.73 Å². The lowest BCUT2D eigenvalue weighted by molar-refractivity contribution is -0.185. The monoisotopic (exact) mass is 228 g/mol. The van der Waals surface area contributed by atoms with E-state index < -0.39 is 18.3 Å². The van der Waals surface area contributed by atoms with Gasteiger partial charge in [-0.05, 0) is 20.9 Å². The summed E-state index contributed by atoms with van der Waals surface area (Å²) in [6.07, 6.45) is -4.30. The van der Waals surface area contributed by atoms with Crippen molar-refractivity contribution < 1.29 is 17.9 Å². The fourth-order valence-electron chi connectivity index (χ4n) is 1.44. The van der Waals surface area contributed by atoms with E-state index in [-0.39, 0.29) is 13.2 Å². The van der Waals surface area contributed by atoms with Crippen molar-refractivity contribution in [3.63, 3.8) is 0 Å². The smallest absolute Gasteiger partial charge is 0.380 e. The van der Waals surface area contributed by atoms with Crippen LogP contribution < -0.4 is 5.73 Å². The number of hydrogen-bond donors (Lipinski definition) is 1. The van der Waals surface area contributed by atoms with Crippen molar-refractivity contribution >= 4 is 0 Å². The molecule has 2 atom stereocenters. The zero-order valence-electron chi connectivity index (χ0n) is 9.34. The van der Waals surface area contributed by atoms with Crippen LogP contribution in [0.3, 0.4) is 0 Å². The third-order valence-corrected chi connectivity index (χ3v) is 2.10. The average molecular weight is 228 g/mol. The Balaban J connectivity index is 4.24. The molecule has 92 valence electrons. The molecule has 0 aromatic carbocycles. The average Bonchev–Trinajstić information content (AvgIpc) is 2.00. The summed E-state index contributed by atoms with van der Waals surface area (Å²) >= 11 is 0.